The van der Waals surface area contributed by atoms with Gasteiger partial charge in [0.25, 0.3) is 0 Å². The Morgan fingerprint density at radius 1 is 1.33 bits per heavy atom. The van der Waals surface area contributed by atoms with Gasteiger partial charge in [-0.2, -0.15) is 0 Å². The molecule has 0 fully saturated rings. The quantitative estimate of drug-likeness (QED) is 0.455. The Labute approximate surface area is 60.9 Å². The van der Waals surface area contributed by atoms with E-state index in [1.165, 1.54) is 0 Å². The average Bonchev–Trinajstić information content (AvgIpc) is 0.722. The minimum Gasteiger partial charge on any atom is -1.00 e. The second kappa shape index (κ2) is 3.66. The summed E-state index contributed by atoms with van der Waals surface area (Å²) in [7, 11) is 5.74. The summed E-state index contributed by atoms with van der Waals surface area (Å²) in [6.45, 7) is 0. The second-order valence-electron chi connectivity index (χ2n) is 2.07. The third kappa shape index (κ3) is 43.9. The summed E-state index contributed by atoms with van der Waals surface area (Å²) in [6.07, 6.45) is 0. The van der Waals surface area contributed by atoms with Crippen LogP contribution >= 0.6 is 8.92 Å². The van der Waals surface area contributed by atoms with Crippen molar-refractivity contribution in [3.05, 3.63) is 0 Å². The van der Waals surface area contributed by atoms with Gasteiger partial charge in [-0.3, -0.25) is 0 Å². The molecule has 0 rings (SSSR count). The normalized spacial score (nSPS) is 10.0. The summed E-state index contributed by atoms with van der Waals surface area (Å²) in [5.74, 6) is 0. The number of halogens is 1. The largest absolute Gasteiger partial charge is 1.00 e. The monoisotopic (exact) mass is 208 g/mol. The van der Waals surface area contributed by atoms with Crippen molar-refractivity contribution >= 4 is 26.2 Å². The van der Waals surface area contributed by atoms with Crippen molar-refractivity contribution in [2.75, 3.05) is 0 Å². The van der Waals surface area contributed by atoms with E-state index in [-0.39, 0.29) is 20.3 Å². The fourth-order valence-electron chi connectivity index (χ4n) is 0. The maximum Gasteiger partial charge on any atom is 1.00 e. The minimum absolute atomic E-state index is 0. The van der Waals surface area contributed by atoms with Gasteiger partial charge in [0.15, 0.2) is 0 Å². The molecule has 0 radical (unpaired) electrons. The molecule has 0 aromatic carbocycles. The molecule has 0 aromatic heterocycles. The van der Waals surface area contributed by atoms with Crippen molar-refractivity contribution in [3.63, 3.8) is 0 Å². The topological polar surface area (TPSA) is 0 Å². The summed E-state index contributed by atoms with van der Waals surface area (Å²) in [5.41, 5.74) is 0. The summed E-state index contributed by atoms with van der Waals surface area (Å²) >= 11 is -1.71. The zero-order chi connectivity index (χ0) is 4.50. The summed E-state index contributed by atoms with van der Waals surface area (Å²) in [6, 6.07) is 0. The van der Waals surface area contributed by atoms with E-state index in [1.54, 1.807) is 0 Å². The van der Waals surface area contributed by atoms with Crippen LogP contribution in [0.25, 0.3) is 0 Å². The number of hydrogen-bond donors (Lipinski definition) is 0. The van der Waals surface area contributed by atoms with Crippen LogP contribution in [-0.2, 0) is 0 Å². The molecule has 0 unspecified atom stereocenters. The van der Waals surface area contributed by atoms with Crippen LogP contribution in [0.3, 0.4) is 0 Å². The maximum atomic E-state index is 5.74. The molecule has 6 heavy (non-hydrogen) atoms. The van der Waals surface area contributed by atoms with E-state index in [4.69, 9.17) is 8.92 Å². The molecule has 0 amide bonds. The van der Waals surface area contributed by atoms with Gasteiger partial charge in [-0.15, -0.1) is 0 Å². The fourth-order valence-corrected chi connectivity index (χ4v) is 0. The van der Waals surface area contributed by atoms with Gasteiger partial charge in [0.1, 0.15) is 0 Å². The third-order valence-electron chi connectivity index (χ3n) is 0. The Hall–Kier alpha value is 1.69. The Morgan fingerprint density at radius 3 is 1.33 bits per heavy atom. The van der Waals surface area contributed by atoms with E-state index < -0.39 is 17.3 Å². The molecule has 0 aromatic rings. The second-order valence-corrected chi connectivity index (χ2v) is 21.5. The Morgan fingerprint density at radius 2 is 1.33 bits per heavy atom. The van der Waals surface area contributed by atoms with Gasteiger partial charge in [0.2, 0.25) is 0 Å². The standard InChI is InChI=1S/3CH3.ClH.Li.Sn.H/h3*1H3;1H;;;/q;;;;2*+1;-1/p-1. The first-order valence-corrected chi connectivity index (χ1v) is 13.9. The molecule has 0 saturated carbocycles. The molecular weight excluding hydrogens is 197 g/mol. The fraction of sp³-hybridized carbons (Fsp3) is 1.00. The van der Waals surface area contributed by atoms with Gasteiger partial charge in [-0.05, 0) is 0 Å². The first kappa shape index (κ1) is 10.6. The Kier molecular flexibility index (Phi) is 6.48. The van der Waals surface area contributed by atoms with Crippen molar-refractivity contribution in [2.45, 2.75) is 14.8 Å². The SMILES string of the molecule is [CH3][Sn]([CH3])([CH3])[Cl].[H-].[Li+]. The van der Waals surface area contributed by atoms with Gasteiger partial charge in [-0.1, -0.05) is 0 Å². The Balaban J connectivity index is -0.0000000800. The number of rotatable bonds is 0. The predicted molar refractivity (Wildman–Crippen MR) is 30.3 cm³/mol. The van der Waals surface area contributed by atoms with Crippen molar-refractivity contribution in [2.24, 2.45) is 0 Å². The molecule has 0 aliphatic carbocycles. The van der Waals surface area contributed by atoms with Crippen LogP contribution in [0.4, 0.5) is 0 Å². The van der Waals surface area contributed by atoms with Crippen molar-refractivity contribution in [1.29, 1.82) is 0 Å². The van der Waals surface area contributed by atoms with Crippen molar-refractivity contribution < 1.29 is 20.3 Å². The van der Waals surface area contributed by atoms with Crippen LogP contribution in [-0.4, -0.2) is 17.3 Å². The molecule has 0 atom stereocenters. The van der Waals surface area contributed by atoms with E-state index in [0.717, 1.165) is 0 Å². The molecule has 0 spiro atoms. The van der Waals surface area contributed by atoms with Gasteiger partial charge in [0, 0.05) is 0 Å². The molecule has 34 valence electrons. The molecule has 0 aliphatic heterocycles. The molecule has 0 saturated heterocycles. The summed E-state index contributed by atoms with van der Waals surface area (Å²) in [5, 5.41) is 0. The van der Waals surface area contributed by atoms with Crippen LogP contribution in [0.2, 0.25) is 14.8 Å². The molecule has 3 heteroatoms. The van der Waals surface area contributed by atoms with Crippen LogP contribution in [0.1, 0.15) is 1.43 Å². The Bertz CT molecular complexity index is 30.4. The van der Waals surface area contributed by atoms with Gasteiger partial charge < -0.3 is 1.43 Å². The van der Waals surface area contributed by atoms with E-state index in [9.17, 15) is 0 Å². The predicted octanol–water partition coefficient (Wildman–Crippen LogP) is -0.823. The van der Waals surface area contributed by atoms with Crippen LogP contribution < -0.4 is 18.9 Å². The average molecular weight is 207 g/mol. The van der Waals surface area contributed by atoms with E-state index in [0.29, 0.717) is 0 Å². The van der Waals surface area contributed by atoms with Gasteiger partial charge in [-0.25, -0.2) is 0 Å². The van der Waals surface area contributed by atoms with E-state index in [1.807, 2.05) is 0 Å². The molecule has 0 heterocycles. The number of hydrogen-bond acceptors (Lipinski definition) is 0. The third-order valence-corrected chi connectivity index (χ3v) is 0. The summed E-state index contributed by atoms with van der Waals surface area (Å²) in [4.78, 5) is 6.49. The molecule has 0 nitrogen and oxygen atoms in total. The van der Waals surface area contributed by atoms with Crippen LogP contribution in [0.5, 0.6) is 0 Å². The first-order chi connectivity index (χ1) is 2.00. The van der Waals surface area contributed by atoms with Gasteiger partial charge in [0.05, 0.1) is 0 Å². The van der Waals surface area contributed by atoms with Crippen LogP contribution in [0, 0.1) is 0 Å². The molecule has 0 aliphatic rings. The molecule has 0 bridgehead atoms. The van der Waals surface area contributed by atoms with Crippen molar-refractivity contribution in [3.8, 4) is 0 Å². The zero-order valence-electron chi connectivity index (χ0n) is 5.88. The van der Waals surface area contributed by atoms with Crippen LogP contribution in [0.15, 0.2) is 0 Å². The minimum atomic E-state index is -1.71. The molecular formula is C3H10ClLiSn. The van der Waals surface area contributed by atoms with E-state index in [2.05, 4.69) is 14.8 Å². The maximum absolute atomic E-state index is 5.74. The van der Waals surface area contributed by atoms with E-state index >= 15 is 0 Å². The smallest absolute Gasteiger partial charge is 1.00 e. The summed E-state index contributed by atoms with van der Waals surface area (Å²) < 4.78 is 0. The van der Waals surface area contributed by atoms with Gasteiger partial charge >= 0.3 is 59.9 Å². The zero-order valence-corrected chi connectivity index (χ0v) is 8.49. The molecule has 0 N–H and O–H groups in total. The van der Waals surface area contributed by atoms with Crippen molar-refractivity contribution in [1.82, 2.24) is 0 Å². The first-order valence-electron chi connectivity index (χ1n) is 1.69.